The van der Waals surface area contributed by atoms with Crippen LogP contribution in [0.4, 0.5) is 0 Å². The number of nitrogens with zero attached hydrogens (tertiary/aromatic N) is 2. The van der Waals surface area contributed by atoms with Crippen molar-refractivity contribution in [3.63, 3.8) is 0 Å². The molecule has 2 aromatic rings. The zero-order valence-electron chi connectivity index (χ0n) is 9.60. The highest BCUT2D eigenvalue weighted by Crippen LogP contribution is 2.25. The molecule has 1 unspecified atom stereocenters. The Morgan fingerprint density at radius 1 is 1.31 bits per heavy atom. The number of hydrogen-bond acceptors (Lipinski definition) is 5. The zero-order chi connectivity index (χ0) is 11.5. The summed E-state index contributed by atoms with van der Waals surface area (Å²) < 4.78 is 0. The lowest BCUT2D eigenvalue weighted by Gasteiger charge is -2.17. The molecule has 3 nitrogen and oxygen atoms in total. The van der Waals surface area contributed by atoms with Crippen LogP contribution in [0.3, 0.4) is 0 Å². The highest BCUT2D eigenvalue weighted by molar-refractivity contribution is 7.10. The third kappa shape index (κ3) is 2.66. The van der Waals surface area contributed by atoms with E-state index in [1.54, 1.807) is 22.7 Å². The minimum Gasteiger partial charge on any atom is -0.301 e. The van der Waals surface area contributed by atoms with Gasteiger partial charge >= 0.3 is 0 Å². The molecule has 16 heavy (non-hydrogen) atoms. The number of rotatable bonds is 4. The van der Waals surface area contributed by atoms with Gasteiger partial charge in [-0.25, -0.2) is 9.97 Å². The predicted molar refractivity (Wildman–Crippen MR) is 69.1 cm³/mol. The summed E-state index contributed by atoms with van der Waals surface area (Å²) in [5.41, 5.74) is 1.08. The van der Waals surface area contributed by atoms with E-state index in [2.05, 4.69) is 34.5 Å². The molecule has 1 N–H and O–H groups in total. The third-order valence-corrected chi connectivity index (χ3v) is 3.76. The fourth-order valence-electron chi connectivity index (χ4n) is 1.51. The summed E-state index contributed by atoms with van der Waals surface area (Å²) in [6.07, 6.45) is 1.84. The molecule has 0 fully saturated rings. The Bertz CT molecular complexity index is 434. The summed E-state index contributed by atoms with van der Waals surface area (Å²) in [6, 6.07) is 0.542. The van der Waals surface area contributed by atoms with Gasteiger partial charge in [0.1, 0.15) is 11.0 Å². The van der Waals surface area contributed by atoms with Crippen LogP contribution in [0.1, 0.15) is 35.6 Å². The van der Waals surface area contributed by atoms with E-state index in [-0.39, 0.29) is 6.04 Å². The van der Waals surface area contributed by atoms with Crippen molar-refractivity contribution in [2.75, 3.05) is 0 Å². The molecule has 0 saturated heterocycles. The molecule has 2 rings (SSSR count). The van der Waals surface area contributed by atoms with Crippen LogP contribution in [-0.2, 0) is 0 Å². The second-order valence-electron chi connectivity index (χ2n) is 3.92. The molecule has 0 aliphatic carbocycles. The van der Waals surface area contributed by atoms with Gasteiger partial charge in [0.25, 0.3) is 0 Å². The molecule has 0 spiro atoms. The van der Waals surface area contributed by atoms with Gasteiger partial charge in [0.15, 0.2) is 0 Å². The molecular formula is C11H15N3S2. The van der Waals surface area contributed by atoms with E-state index in [1.165, 1.54) is 0 Å². The summed E-state index contributed by atoms with van der Waals surface area (Å²) in [7, 11) is 0. The van der Waals surface area contributed by atoms with Crippen LogP contribution < -0.4 is 5.32 Å². The lowest BCUT2D eigenvalue weighted by atomic mass is 10.2. The van der Waals surface area contributed by atoms with Gasteiger partial charge in [0, 0.05) is 23.0 Å². The zero-order valence-corrected chi connectivity index (χ0v) is 11.2. The van der Waals surface area contributed by atoms with Crippen molar-refractivity contribution in [1.82, 2.24) is 15.3 Å². The Hall–Kier alpha value is -0.780. The largest absolute Gasteiger partial charge is 0.301 e. The second kappa shape index (κ2) is 5.03. The van der Waals surface area contributed by atoms with E-state index in [0.29, 0.717) is 6.04 Å². The number of hydrogen-bond donors (Lipinski definition) is 1. The smallest absolute Gasteiger partial charge is 0.116 e. The molecule has 0 aromatic carbocycles. The van der Waals surface area contributed by atoms with Gasteiger partial charge in [-0.05, 0) is 20.8 Å². The van der Waals surface area contributed by atoms with Gasteiger partial charge in [-0.3, -0.25) is 0 Å². The van der Waals surface area contributed by atoms with E-state index in [9.17, 15) is 0 Å². The Morgan fingerprint density at radius 3 is 2.62 bits per heavy atom. The molecule has 0 bridgehead atoms. The first-order chi connectivity index (χ1) is 7.66. The van der Waals surface area contributed by atoms with Crippen LogP contribution >= 0.6 is 22.7 Å². The van der Waals surface area contributed by atoms with E-state index in [4.69, 9.17) is 0 Å². The van der Waals surface area contributed by atoms with Crippen LogP contribution in [0.2, 0.25) is 0 Å². The van der Waals surface area contributed by atoms with Crippen molar-refractivity contribution in [2.24, 2.45) is 0 Å². The number of thiazole rings is 2. The Kier molecular flexibility index (Phi) is 3.68. The standard InChI is InChI=1S/C11H15N3S2/c1-7(2)13-10(11-12-4-5-15-11)9-6-16-8(3)14-9/h4-7,10,13H,1-3H3. The van der Waals surface area contributed by atoms with E-state index in [0.717, 1.165) is 15.7 Å². The minimum atomic E-state index is 0.130. The first kappa shape index (κ1) is 11.7. The summed E-state index contributed by atoms with van der Waals surface area (Å²) >= 11 is 3.35. The Labute approximate surface area is 104 Å². The topological polar surface area (TPSA) is 37.8 Å². The number of aryl methyl sites for hydroxylation is 1. The molecule has 0 amide bonds. The monoisotopic (exact) mass is 253 g/mol. The molecular weight excluding hydrogens is 238 g/mol. The predicted octanol–water partition coefficient (Wildman–Crippen LogP) is 3.00. The van der Waals surface area contributed by atoms with Crippen LogP contribution in [0.25, 0.3) is 0 Å². The summed E-state index contributed by atoms with van der Waals surface area (Å²) in [5, 5.41) is 9.80. The van der Waals surface area contributed by atoms with E-state index >= 15 is 0 Å². The Morgan fingerprint density at radius 2 is 2.12 bits per heavy atom. The van der Waals surface area contributed by atoms with Crippen molar-refractivity contribution >= 4 is 22.7 Å². The highest BCUT2D eigenvalue weighted by atomic mass is 32.1. The number of nitrogens with one attached hydrogen (secondary N) is 1. The summed E-state index contributed by atoms with van der Waals surface area (Å²) in [4.78, 5) is 8.92. The lowest BCUT2D eigenvalue weighted by Crippen LogP contribution is -2.29. The van der Waals surface area contributed by atoms with Crippen LogP contribution in [-0.4, -0.2) is 16.0 Å². The maximum atomic E-state index is 4.54. The number of aromatic nitrogens is 2. The molecule has 0 aliphatic heterocycles. The van der Waals surface area contributed by atoms with Crippen molar-refractivity contribution in [2.45, 2.75) is 32.9 Å². The van der Waals surface area contributed by atoms with Crippen LogP contribution in [0, 0.1) is 6.92 Å². The Balaban J connectivity index is 2.28. The summed E-state index contributed by atoms with van der Waals surface area (Å²) in [6.45, 7) is 6.31. The average molecular weight is 253 g/mol. The molecule has 5 heteroatoms. The first-order valence-electron chi connectivity index (χ1n) is 5.24. The molecule has 1 atom stereocenters. The van der Waals surface area contributed by atoms with Crippen molar-refractivity contribution in [3.8, 4) is 0 Å². The molecule has 0 saturated carbocycles. The van der Waals surface area contributed by atoms with Crippen LogP contribution in [0.5, 0.6) is 0 Å². The molecule has 2 aromatic heterocycles. The van der Waals surface area contributed by atoms with Crippen molar-refractivity contribution < 1.29 is 0 Å². The lowest BCUT2D eigenvalue weighted by molar-refractivity contribution is 0.519. The van der Waals surface area contributed by atoms with E-state index in [1.807, 2.05) is 18.5 Å². The maximum absolute atomic E-state index is 4.54. The second-order valence-corrected chi connectivity index (χ2v) is 5.90. The molecule has 2 heterocycles. The molecule has 0 aliphatic rings. The van der Waals surface area contributed by atoms with Gasteiger partial charge in [0.2, 0.25) is 0 Å². The minimum absolute atomic E-state index is 0.130. The van der Waals surface area contributed by atoms with Crippen molar-refractivity contribution in [3.05, 3.63) is 32.7 Å². The quantitative estimate of drug-likeness (QED) is 0.910. The van der Waals surface area contributed by atoms with Gasteiger partial charge in [-0.15, -0.1) is 22.7 Å². The van der Waals surface area contributed by atoms with Gasteiger partial charge in [0.05, 0.1) is 10.7 Å². The summed E-state index contributed by atoms with van der Waals surface area (Å²) in [5.74, 6) is 0. The first-order valence-corrected chi connectivity index (χ1v) is 7.00. The highest BCUT2D eigenvalue weighted by Gasteiger charge is 2.19. The van der Waals surface area contributed by atoms with Crippen LogP contribution in [0.15, 0.2) is 17.0 Å². The fraction of sp³-hybridized carbons (Fsp3) is 0.455. The van der Waals surface area contributed by atoms with Gasteiger partial charge < -0.3 is 5.32 Å². The average Bonchev–Trinajstić information content (AvgIpc) is 2.84. The SMILES string of the molecule is Cc1nc(C(NC(C)C)c2nccs2)cs1. The van der Waals surface area contributed by atoms with Gasteiger partial charge in [-0.2, -0.15) is 0 Å². The van der Waals surface area contributed by atoms with Gasteiger partial charge in [-0.1, -0.05) is 0 Å². The molecule has 0 radical (unpaired) electrons. The maximum Gasteiger partial charge on any atom is 0.116 e. The fourth-order valence-corrected chi connectivity index (χ4v) is 2.85. The molecule has 86 valence electrons. The normalized spacial score (nSPS) is 13.2. The third-order valence-electron chi connectivity index (χ3n) is 2.13. The van der Waals surface area contributed by atoms with E-state index < -0.39 is 0 Å². The van der Waals surface area contributed by atoms with Crippen molar-refractivity contribution in [1.29, 1.82) is 0 Å².